The molecule has 0 fully saturated rings. The third kappa shape index (κ3) is 6.03. The zero-order valence-corrected chi connectivity index (χ0v) is 11.8. The molecule has 21 heavy (non-hydrogen) atoms. The predicted molar refractivity (Wildman–Crippen MR) is 75.7 cm³/mol. The molecule has 0 saturated heterocycles. The summed E-state index contributed by atoms with van der Waals surface area (Å²) in [7, 11) is 0. The molecule has 0 saturated carbocycles. The molecule has 2 amide bonds. The number of nitrogens with one attached hydrogen (secondary N) is 2. The summed E-state index contributed by atoms with van der Waals surface area (Å²) < 4.78 is 0. The third-order valence-corrected chi connectivity index (χ3v) is 2.81. The van der Waals surface area contributed by atoms with Gasteiger partial charge in [0.1, 0.15) is 6.04 Å². The number of hydrogen-bond acceptors (Lipinski definition) is 4. The quantitative estimate of drug-likeness (QED) is 0.649. The molecule has 1 aromatic heterocycles. The minimum Gasteiger partial charge on any atom is -0.480 e. The Morgan fingerprint density at radius 3 is 2.71 bits per heavy atom. The van der Waals surface area contributed by atoms with Crippen LogP contribution in [0.5, 0.6) is 0 Å². The number of amides is 2. The fourth-order valence-corrected chi connectivity index (χ4v) is 1.67. The van der Waals surface area contributed by atoms with Gasteiger partial charge in [0.15, 0.2) is 0 Å². The van der Waals surface area contributed by atoms with Crippen LogP contribution < -0.4 is 10.6 Å². The van der Waals surface area contributed by atoms with Gasteiger partial charge >= 0.3 is 5.97 Å². The first-order valence-electron chi connectivity index (χ1n) is 6.75. The number of pyridine rings is 1. The van der Waals surface area contributed by atoms with Crippen LogP contribution in [0.4, 0.5) is 0 Å². The number of carboxylic acids is 1. The second-order valence-electron chi connectivity index (χ2n) is 4.52. The Hall–Kier alpha value is -2.44. The molecule has 3 N–H and O–H groups in total. The molecule has 0 aliphatic heterocycles. The molecule has 0 spiro atoms. The smallest absolute Gasteiger partial charge is 0.326 e. The number of carbonyl (C=O) groups is 3. The number of hydrogen-bond donors (Lipinski definition) is 3. The van der Waals surface area contributed by atoms with E-state index in [0.29, 0.717) is 18.4 Å². The van der Waals surface area contributed by atoms with Crippen LogP contribution in [0.2, 0.25) is 0 Å². The molecule has 0 aliphatic rings. The van der Waals surface area contributed by atoms with E-state index in [1.165, 1.54) is 12.4 Å². The van der Waals surface area contributed by atoms with E-state index < -0.39 is 23.8 Å². The lowest BCUT2D eigenvalue weighted by atomic mass is 10.1. The van der Waals surface area contributed by atoms with Crippen molar-refractivity contribution in [2.24, 2.45) is 0 Å². The van der Waals surface area contributed by atoms with Gasteiger partial charge in [-0.05, 0) is 18.6 Å². The molecule has 0 aliphatic carbocycles. The van der Waals surface area contributed by atoms with E-state index in [9.17, 15) is 14.4 Å². The number of carbonyl (C=O) groups excluding carboxylic acids is 2. The van der Waals surface area contributed by atoms with Gasteiger partial charge in [-0.25, -0.2) is 4.79 Å². The maximum absolute atomic E-state index is 11.7. The van der Waals surface area contributed by atoms with Crippen molar-refractivity contribution in [1.82, 2.24) is 15.6 Å². The van der Waals surface area contributed by atoms with Gasteiger partial charge in [0.05, 0.1) is 12.1 Å². The monoisotopic (exact) mass is 293 g/mol. The highest BCUT2D eigenvalue weighted by molar-refractivity contribution is 5.96. The molecule has 7 nitrogen and oxygen atoms in total. The standard InChI is InChI=1S/C14H19N3O4/c1-2-3-6-11(14(20)21)17-12(18)9-16-13(19)10-5-4-7-15-8-10/h4-5,7-8,11H,2-3,6,9H2,1H3,(H,16,19)(H,17,18)(H,20,21). The van der Waals surface area contributed by atoms with Gasteiger partial charge < -0.3 is 15.7 Å². The number of rotatable bonds is 8. The van der Waals surface area contributed by atoms with Crippen molar-refractivity contribution in [3.63, 3.8) is 0 Å². The Morgan fingerprint density at radius 2 is 2.14 bits per heavy atom. The summed E-state index contributed by atoms with van der Waals surface area (Å²) in [4.78, 5) is 38.1. The SMILES string of the molecule is CCCCC(NC(=O)CNC(=O)c1cccnc1)C(=O)O. The fourth-order valence-electron chi connectivity index (χ4n) is 1.67. The van der Waals surface area contributed by atoms with Crippen molar-refractivity contribution in [3.05, 3.63) is 30.1 Å². The van der Waals surface area contributed by atoms with Crippen LogP contribution in [0, 0.1) is 0 Å². The summed E-state index contributed by atoms with van der Waals surface area (Å²) in [6.45, 7) is 1.67. The molecule has 1 heterocycles. The van der Waals surface area contributed by atoms with Crippen LogP contribution in [0.1, 0.15) is 36.5 Å². The van der Waals surface area contributed by atoms with Gasteiger partial charge in [0.25, 0.3) is 5.91 Å². The number of aliphatic carboxylic acids is 1. The van der Waals surface area contributed by atoms with Gasteiger partial charge in [-0.1, -0.05) is 19.8 Å². The van der Waals surface area contributed by atoms with E-state index in [4.69, 9.17) is 5.11 Å². The Bertz CT molecular complexity index is 490. The Kier molecular flexibility index (Phi) is 6.86. The zero-order chi connectivity index (χ0) is 15.7. The lowest BCUT2D eigenvalue weighted by molar-refractivity contribution is -0.141. The molecule has 1 rings (SSSR count). The van der Waals surface area contributed by atoms with Crippen LogP contribution in [0.3, 0.4) is 0 Å². The average Bonchev–Trinajstić information content (AvgIpc) is 2.49. The van der Waals surface area contributed by atoms with Crippen LogP contribution in [-0.2, 0) is 9.59 Å². The Balaban J connectivity index is 2.42. The minimum atomic E-state index is -1.07. The van der Waals surface area contributed by atoms with Gasteiger partial charge in [-0.2, -0.15) is 0 Å². The molecular weight excluding hydrogens is 274 g/mol. The van der Waals surface area contributed by atoms with Gasteiger partial charge in [0.2, 0.25) is 5.91 Å². The highest BCUT2D eigenvalue weighted by Gasteiger charge is 2.19. The van der Waals surface area contributed by atoms with Crippen LogP contribution in [0.25, 0.3) is 0 Å². The summed E-state index contributed by atoms with van der Waals surface area (Å²) >= 11 is 0. The number of aromatic nitrogens is 1. The van der Waals surface area contributed by atoms with E-state index >= 15 is 0 Å². The van der Waals surface area contributed by atoms with Crippen LogP contribution >= 0.6 is 0 Å². The zero-order valence-electron chi connectivity index (χ0n) is 11.8. The fraction of sp³-hybridized carbons (Fsp3) is 0.429. The summed E-state index contributed by atoms with van der Waals surface area (Å²) in [5, 5.41) is 13.8. The van der Waals surface area contributed by atoms with E-state index in [2.05, 4.69) is 15.6 Å². The van der Waals surface area contributed by atoms with Crippen molar-refractivity contribution in [2.45, 2.75) is 32.2 Å². The first kappa shape index (κ1) is 16.6. The van der Waals surface area contributed by atoms with Gasteiger partial charge in [-0.3, -0.25) is 14.6 Å². The second kappa shape index (κ2) is 8.68. The van der Waals surface area contributed by atoms with Crippen molar-refractivity contribution < 1.29 is 19.5 Å². The predicted octanol–water partition coefficient (Wildman–Crippen LogP) is 0.571. The second-order valence-corrected chi connectivity index (χ2v) is 4.52. The van der Waals surface area contributed by atoms with E-state index in [-0.39, 0.29) is 6.54 Å². The largest absolute Gasteiger partial charge is 0.480 e. The summed E-state index contributed by atoms with van der Waals surface area (Å²) in [6.07, 6.45) is 4.84. The molecule has 1 aromatic rings. The maximum atomic E-state index is 11.7. The highest BCUT2D eigenvalue weighted by Crippen LogP contribution is 2.00. The van der Waals surface area contributed by atoms with Crippen LogP contribution in [0.15, 0.2) is 24.5 Å². The van der Waals surface area contributed by atoms with E-state index in [1.807, 2.05) is 6.92 Å². The molecule has 0 aromatic carbocycles. The highest BCUT2D eigenvalue weighted by atomic mass is 16.4. The number of unbranched alkanes of at least 4 members (excludes halogenated alkanes) is 1. The van der Waals surface area contributed by atoms with Crippen LogP contribution in [-0.4, -0.2) is 40.5 Å². The number of nitrogens with zero attached hydrogens (tertiary/aromatic N) is 1. The van der Waals surface area contributed by atoms with Crippen molar-refractivity contribution in [1.29, 1.82) is 0 Å². The summed E-state index contributed by atoms with van der Waals surface area (Å²) in [5.41, 5.74) is 0.339. The average molecular weight is 293 g/mol. The van der Waals surface area contributed by atoms with E-state index in [0.717, 1.165) is 6.42 Å². The maximum Gasteiger partial charge on any atom is 0.326 e. The normalized spacial score (nSPS) is 11.5. The number of carboxylic acid groups (broad SMARTS) is 1. The first-order valence-corrected chi connectivity index (χ1v) is 6.75. The lowest BCUT2D eigenvalue weighted by Gasteiger charge is -2.14. The third-order valence-electron chi connectivity index (χ3n) is 2.81. The Morgan fingerprint density at radius 1 is 1.38 bits per heavy atom. The van der Waals surface area contributed by atoms with Crippen molar-refractivity contribution in [2.75, 3.05) is 6.54 Å². The van der Waals surface area contributed by atoms with Gasteiger partial charge in [-0.15, -0.1) is 0 Å². The summed E-state index contributed by atoms with van der Waals surface area (Å²) in [5.74, 6) is -2.04. The molecular formula is C14H19N3O4. The molecule has 114 valence electrons. The van der Waals surface area contributed by atoms with E-state index in [1.54, 1.807) is 12.1 Å². The van der Waals surface area contributed by atoms with Crippen molar-refractivity contribution in [3.8, 4) is 0 Å². The topological polar surface area (TPSA) is 108 Å². The first-order chi connectivity index (χ1) is 10.0. The summed E-state index contributed by atoms with van der Waals surface area (Å²) in [6, 6.07) is 2.26. The molecule has 0 radical (unpaired) electrons. The molecule has 7 heteroatoms. The minimum absolute atomic E-state index is 0.274. The van der Waals surface area contributed by atoms with Crippen molar-refractivity contribution >= 4 is 17.8 Å². The molecule has 1 atom stereocenters. The Labute approximate surface area is 122 Å². The van der Waals surface area contributed by atoms with Gasteiger partial charge in [0, 0.05) is 12.4 Å². The molecule has 0 bridgehead atoms. The lowest BCUT2D eigenvalue weighted by Crippen LogP contribution is -2.45. The molecule has 1 unspecified atom stereocenters.